The number of hydrogen-bond donors (Lipinski definition) is 2. The van der Waals surface area contributed by atoms with E-state index in [1.807, 2.05) is 29.6 Å². The Labute approximate surface area is 122 Å². The van der Waals surface area contributed by atoms with Gasteiger partial charge in [-0.1, -0.05) is 0 Å². The second kappa shape index (κ2) is 6.35. The Morgan fingerprint density at radius 2 is 2.15 bits per heavy atom. The van der Waals surface area contributed by atoms with Crippen LogP contribution in [0, 0.1) is 0 Å². The molecule has 1 fully saturated rings. The van der Waals surface area contributed by atoms with Crippen molar-refractivity contribution >= 4 is 11.3 Å². The molecule has 0 spiro atoms. The van der Waals surface area contributed by atoms with E-state index < -0.39 is 6.10 Å². The van der Waals surface area contributed by atoms with Gasteiger partial charge in [-0.3, -0.25) is 0 Å². The standard InChI is InChI=1S/C15H18N2O2S/c18-13(9-17-12-3-4-12)10-19-14-5-1-11(2-6-14)15-16-7-8-20-15/h1-2,5-8,12-13,17-18H,3-4,9-10H2. The Morgan fingerprint density at radius 1 is 1.35 bits per heavy atom. The molecule has 5 heteroatoms. The van der Waals surface area contributed by atoms with Crippen molar-refractivity contribution < 1.29 is 9.84 Å². The summed E-state index contributed by atoms with van der Waals surface area (Å²) in [6, 6.07) is 8.42. The van der Waals surface area contributed by atoms with Gasteiger partial charge in [0.15, 0.2) is 0 Å². The van der Waals surface area contributed by atoms with Crippen molar-refractivity contribution in [3.8, 4) is 16.3 Å². The maximum atomic E-state index is 9.80. The Bertz CT molecular complexity index is 523. The summed E-state index contributed by atoms with van der Waals surface area (Å²) in [5, 5.41) is 16.0. The molecular weight excluding hydrogens is 272 g/mol. The molecule has 0 saturated heterocycles. The summed E-state index contributed by atoms with van der Waals surface area (Å²) >= 11 is 1.62. The second-order valence-electron chi connectivity index (χ2n) is 5.01. The number of aliphatic hydroxyl groups excluding tert-OH is 1. The van der Waals surface area contributed by atoms with Crippen molar-refractivity contribution in [3.63, 3.8) is 0 Å². The van der Waals surface area contributed by atoms with Crippen LogP contribution < -0.4 is 10.1 Å². The predicted molar refractivity (Wildman–Crippen MR) is 80.1 cm³/mol. The number of thiazole rings is 1. The summed E-state index contributed by atoms with van der Waals surface area (Å²) in [6.45, 7) is 0.915. The molecule has 1 heterocycles. The summed E-state index contributed by atoms with van der Waals surface area (Å²) in [6.07, 6.45) is 3.79. The van der Waals surface area contributed by atoms with Crippen molar-refractivity contribution in [1.82, 2.24) is 10.3 Å². The Kier molecular flexibility index (Phi) is 4.30. The highest BCUT2D eigenvalue weighted by atomic mass is 32.1. The van der Waals surface area contributed by atoms with E-state index in [4.69, 9.17) is 4.74 Å². The number of nitrogens with one attached hydrogen (secondary N) is 1. The lowest BCUT2D eigenvalue weighted by atomic mass is 10.2. The summed E-state index contributed by atoms with van der Waals surface area (Å²) in [5.74, 6) is 0.774. The van der Waals surface area contributed by atoms with Gasteiger partial charge in [0.2, 0.25) is 0 Å². The van der Waals surface area contributed by atoms with E-state index in [0.29, 0.717) is 19.2 Å². The van der Waals surface area contributed by atoms with Gasteiger partial charge in [-0.2, -0.15) is 0 Å². The number of ether oxygens (including phenoxy) is 1. The highest BCUT2D eigenvalue weighted by Crippen LogP contribution is 2.24. The molecule has 0 bridgehead atoms. The largest absolute Gasteiger partial charge is 0.491 e. The summed E-state index contributed by atoms with van der Waals surface area (Å²) in [4.78, 5) is 4.27. The number of hydrogen-bond acceptors (Lipinski definition) is 5. The first kappa shape index (κ1) is 13.5. The first-order valence-corrected chi connectivity index (χ1v) is 7.73. The molecule has 1 unspecified atom stereocenters. The van der Waals surface area contributed by atoms with Crippen LogP contribution in [0.25, 0.3) is 10.6 Å². The van der Waals surface area contributed by atoms with Crippen molar-refractivity contribution in [2.75, 3.05) is 13.2 Å². The number of aromatic nitrogens is 1. The molecule has 1 aliphatic carbocycles. The first-order valence-electron chi connectivity index (χ1n) is 6.85. The van der Waals surface area contributed by atoms with Crippen LogP contribution in [0.1, 0.15) is 12.8 Å². The Balaban J connectivity index is 1.47. The highest BCUT2D eigenvalue weighted by Gasteiger charge is 2.21. The molecule has 1 atom stereocenters. The van der Waals surface area contributed by atoms with Crippen LogP contribution in [-0.4, -0.2) is 35.4 Å². The monoisotopic (exact) mass is 290 g/mol. The molecule has 1 aromatic carbocycles. The van der Waals surface area contributed by atoms with E-state index in [1.54, 1.807) is 17.5 Å². The number of aliphatic hydroxyl groups is 1. The summed E-state index contributed by atoms with van der Waals surface area (Å²) < 4.78 is 5.59. The topological polar surface area (TPSA) is 54.4 Å². The number of rotatable bonds is 7. The molecule has 3 rings (SSSR count). The van der Waals surface area contributed by atoms with Crippen LogP contribution >= 0.6 is 11.3 Å². The van der Waals surface area contributed by atoms with E-state index in [-0.39, 0.29) is 0 Å². The summed E-state index contributed by atoms with van der Waals surface area (Å²) in [5.41, 5.74) is 1.09. The molecule has 0 aliphatic heterocycles. The van der Waals surface area contributed by atoms with Gasteiger partial charge in [0.1, 0.15) is 23.5 Å². The van der Waals surface area contributed by atoms with Gasteiger partial charge >= 0.3 is 0 Å². The zero-order valence-corrected chi connectivity index (χ0v) is 12.0. The fourth-order valence-electron chi connectivity index (χ4n) is 1.90. The molecule has 0 radical (unpaired) electrons. The average molecular weight is 290 g/mol. The van der Waals surface area contributed by atoms with E-state index in [1.165, 1.54) is 12.8 Å². The smallest absolute Gasteiger partial charge is 0.123 e. The van der Waals surface area contributed by atoms with Crippen LogP contribution in [0.4, 0.5) is 0 Å². The summed E-state index contributed by atoms with van der Waals surface area (Å²) in [7, 11) is 0. The van der Waals surface area contributed by atoms with Crippen LogP contribution in [0.3, 0.4) is 0 Å². The molecule has 0 amide bonds. The van der Waals surface area contributed by atoms with Crippen molar-refractivity contribution in [1.29, 1.82) is 0 Å². The lowest BCUT2D eigenvalue weighted by molar-refractivity contribution is 0.106. The minimum Gasteiger partial charge on any atom is -0.491 e. The SMILES string of the molecule is OC(CNC1CC1)COc1ccc(-c2nccs2)cc1. The molecule has 106 valence electrons. The van der Waals surface area contributed by atoms with Crippen LogP contribution in [0.5, 0.6) is 5.75 Å². The third kappa shape index (κ3) is 3.79. The van der Waals surface area contributed by atoms with E-state index in [0.717, 1.165) is 16.3 Å². The minimum atomic E-state index is -0.464. The normalized spacial score (nSPS) is 16.1. The third-order valence-corrected chi connectivity index (χ3v) is 4.02. The molecule has 1 aliphatic rings. The van der Waals surface area contributed by atoms with Crippen LogP contribution in [-0.2, 0) is 0 Å². The highest BCUT2D eigenvalue weighted by molar-refractivity contribution is 7.13. The molecule has 4 nitrogen and oxygen atoms in total. The lowest BCUT2D eigenvalue weighted by Crippen LogP contribution is -2.32. The lowest BCUT2D eigenvalue weighted by Gasteiger charge is -2.13. The van der Waals surface area contributed by atoms with Gasteiger partial charge in [0.25, 0.3) is 0 Å². The van der Waals surface area contributed by atoms with Crippen molar-refractivity contribution in [2.45, 2.75) is 25.0 Å². The van der Waals surface area contributed by atoms with Gasteiger partial charge in [-0.25, -0.2) is 4.98 Å². The van der Waals surface area contributed by atoms with Crippen molar-refractivity contribution in [2.24, 2.45) is 0 Å². The maximum absolute atomic E-state index is 9.80. The molecule has 1 saturated carbocycles. The Hall–Kier alpha value is -1.43. The molecular formula is C15H18N2O2S. The number of nitrogens with zero attached hydrogens (tertiary/aromatic N) is 1. The van der Waals surface area contributed by atoms with Gasteiger partial charge in [0, 0.05) is 29.7 Å². The molecule has 2 aromatic rings. The van der Waals surface area contributed by atoms with E-state index >= 15 is 0 Å². The number of benzene rings is 1. The predicted octanol–water partition coefficient (Wildman–Crippen LogP) is 2.30. The van der Waals surface area contributed by atoms with Gasteiger partial charge < -0.3 is 15.2 Å². The van der Waals surface area contributed by atoms with E-state index in [2.05, 4.69) is 10.3 Å². The van der Waals surface area contributed by atoms with E-state index in [9.17, 15) is 5.11 Å². The molecule has 2 N–H and O–H groups in total. The second-order valence-corrected chi connectivity index (χ2v) is 5.90. The quantitative estimate of drug-likeness (QED) is 0.821. The minimum absolute atomic E-state index is 0.316. The first-order chi connectivity index (χ1) is 9.81. The fraction of sp³-hybridized carbons (Fsp3) is 0.400. The van der Waals surface area contributed by atoms with Gasteiger partial charge in [-0.05, 0) is 37.1 Å². The fourth-order valence-corrected chi connectivity index (χ4v) is 2.55. The van der Waals surface area contributed by atoms with Crippen LogP contribution in [0.2, 0.25) is 0 Å². The zero-order valence-electron chi connectivity index (χ0n) is 11.2. The molecule has 20 heavy (non-hydrogen) atoms. The average Bonchev–Trinajstić information content (AvgIpc) is 3.15. The molecule has 1 aromatic heterocycles. The van der Waals surface area contributed by atoms with Crippen molar-refractivity contribution in [3.05, 3.63) is 35.8 Å². The van der Waals surface area contributed by atoms with Crippen LogP contribution in [0.15, 0.2) is 35.8 Å². The van der Waals surface area contributed by atoms with Gasteiger partial charge in [-0.15, -0.1) is 11.3 Å². The van der Waals surface area contributed by atoms with Gasteiger partial charge in [0.05, 0.1) is 0 Å². The zero-order chi connectivity index (χ0) is 13.8. The maximum Gasteiger partial charge on any atom is 0.123 e. The third-order valence-electron chi connectivity index (χ3n) is 3.20. The Morgan fingerprint density at radius 3 is 2.80 bits per heavy atom.